The van der Waals surface area contributed by atoms with Crippen LogP contribution in [0.5, 0.6) is 0 Å². The van der Waals surface area contributed by atoms with Crippen LogP contribution in [0.4, 0.5) is 0 Å². The second-order valence-corrected chi connectivity index (χ2v) is 9.29. The zero-order chi connectivity index (χ0) is 24.0. The Morgan fingerprint density at radius 2 is 2.11 bits per heavy atom. The maximum atomic E-state index is 12.7. The standard InChI is InChI=1S/C25H31ClN6O3/c26-21-7-4-8-22(20(21)16-27-9-10-31-11-13-34-14-12-31)35-17-19-15-23(33)32-25(28-19)29-24(30-32)18-5-2-1-3-6-18/h2,4-7,15,22,27H,1,3,8-14,16-17H2,(H,28,29,30). The van der Waals surface area contributed by atoms with Crippen molar-refractivity contribution in [1.29, 1.82) is 0 Å². The van der Waals surface area contributed by atoms with E-state index in [4.69, 9.17) is 21.1 Å². The molecule has 9 nitrogen and oxygen atoms in total. The van der Waals surface area contributed by atoms with Crippen molar-refractivity contribution in [3.8, 4) is 0 Å². The van der Waals surface area contributed by atoms with E-state index < -0.39 is 0 Å². The maximum Gasteiger partial charge on any atom is 0.275 e. The van der Waals surface area contributed by atoms with Crippen molar-refractivity contribution < 1.29 is 9.47 Å². The number of aromatic amines is 1. The van der Waals surface area contributed by atoms with Crippen LogP contribution in [0.15, 0.2) is 51.8 Å². The summed E-state index contributed by atoms with van der Waals surface area (Å²) in [7, 11) is 0. The molecule has 1 atom stereocenters. The molecule has 35 heavy (non-hydrogen) atoms. The number of halogens is 1. The van der Waals surface area contributed by atoms with Gasteiger partial charge in [0.05, 0.1) is 25.9 Å². The molecular weight excluding hydrogens is 468 g/mol. The SMILES string of the molecule is O=c1cc(COC2CC=CC(Cl)=C2CNCCN2CCOCC2)[nH]c2nc(C3=CCCC=C3)nn12. The fourth-order valence-electron chi connectivity index (χ4n) is 4.46. The lowest BCUT2D eigenvalue weighted by Gasteiger charge is -2.27. The number of nitrogens with one attached hydrogen (secondary N) is 2. The van der Waals surface area contributed by atoms with Gasteiger partial charge in [0.2, 0.25) is 5.78 Å². The third-order valence-corrected chi connectivity index (χ3v) is 6.78. The molecule has 0 bridgehead atoms. The van der Waals surface area contributed by atoms with Gasteiger partial charge >= 0.3 is 0 Å². The van der Waals surface area contributed by atoms with Crippen LogP contribution in [0.25, 0.3) is 11.4 Å². The molecule has 0 radical (unpaired) electrons. The van der Waals surface area contributed by atoms with E-state index in [-0.39, 0.29) is 18.3 Å². The van der Waals surface area contributed by atoms with Crippen LogP contribution in [0.2, 0.25) is 0 Å². The van der Waals surface area contributed by atoms with Crippen molar-refractivity contribution in [3.63, 3.8) is 0 Å². The molecule has 2 aliphatic carbocycles. The fourth-order valence-corrected chi connectivity index (χ4v) is 4.73. The molecule has 0 aromatic carbocycles. The fraction of sp³-hybridized carbons (Fsp3) is 0.480. The van der Waals surface area contributed by atoms with Gasteiger partial charge in [-0.1, -0.05) is 35.9 Å². The number of fused-ring (bicyclic) bond motifs is 1. The maximum absolute atomic E-state index is 12.7. The lowest BCUT2D eigenvalue weighted by Crippen LogP contribution is -2.41. The first-order valence-electron chi connectivity index (χ1n) is 12.2. The quantitative estimate of drug-likeness (QED) is 0.512. The van der Waals surface area contributed by atoms with Gasteiger partial charge < -0.3 is 19.8 Å². The Hall–Kier alpha value is -2.56. The monoisotopic (exact) mass is 498 g/mol. The van der Waals surface area contributed by atoms with Gasteiger partial charge in [-0.25, -0.2) is 0 Å². The molecular formula is C25H31ClN6O3. The highest BCUT2D eigenvalue weighted by Crippen LogP contribution is 2.25. The number of aromatic nitrogens is 4. The highest BCUT2D eigenvalue weighted by molar-refractivity contribution is 6.31. The molecule has 1 unspecified atom stereocenters. The topological polar surface area (TPSA) is 96.8 Å². The first-order chi connectivity index (χ1) is 17.2. The molecule has 2 aromatic rings. The minimum atomic E-state index is -0.237. The van der Waals surface area contributed by atoms with Crippen molar-refractivity contribution in [1.82, 2.24) is 29.8 Å². The lowest BCUT2D eigenvalue weighted by atomic mass is 10.0. The van der Waals surface area contributed by atoms with E-state index in [1.807, 2.05) is 18.2 Å². The van der Waals surface area contributed by atoms with Crippen LogP contribution in [0, 0.1) is 0 Å². The summed E-state index contributed by atoms with van der Waals surface area (Å²) in [4.78, 5) is 22.8. The first-order valence-corrected chi connectivity index (χ1v) is 12.6. The molecule has 2 N–H and O–H groups in total. The van der Waals surface area contributed by atoms with E-state index in [2.05, 4.69) is 37.4 Å². The average Bonchev–Trinajstić information content (AvgIpc) is 3.32. The van der Waals surface area contributed by atoms with Crippen molar-refractivity contribution in [3.05, 3.63) is 68.9 Å². The summed E-state index contributed by atoms with van der Waals surface area (Å²) in [5.41, 5.74) is 2.38. The van der Waals surface area contributed by atoms with Crippen LogP contribution < -0.4 is 10.9 Å². The van der Waals surface area contributed by atoms with Crippen LogP contribution in [0.3, 0.4) is 0 Å². The largest absolute Gasteiger partial charge is 0.379 e. The third kappa shape index (κ3) is 5.99. The molecule has 5 rings (SSSR count). The van der Waals surface area contributed by atoms with Gasteiger partial charge in [-0.05, 0) is 30.9 Å². The Labute approximate surface area is 209 Å². The number of hydrogen-bond donors (Lipinski definition) is 2. The average molecular weight is 499 g/mol. The van der Waals surface area contributed by atoms with Gasteiger partial charge in [0.25, 0.3) is 5.56 Å². The molecule has 1 saturated heterocycles. The van der Waals surface area contributed by atoms with Gasteiger partial charge in [0.1, 0.15) is 0 Å². The summed E-state index contributed by atoms with van der Waals surface area (Å²) in [6.45, 7) is 6.31. The summed E-state index contributed by atoms with van der Waals surface area (Å²) in [6.07, 6.45) is 12.7. The van der Waals surface area contributed by atoms with Gasteiger partial charge in [-0.3, -0.25) is 9.69 Å². The number of hydrogen-bond acceptors (Lipinski definition) is 7. The van der Waals surface area contributed by atoms with E-state index >= 15 is 0 Å². The summed E-state index contributed by atoms with van der Waals surface area (Å²) in [5.74, 6) is 0.957. The second-order valence-electron chi connectivity index (χ2n) is 8.88. The second kappa shape index (κ2) is 11.5. The van der Waals surface area contributed by atoms with Crippen molar-refractivity contribution in [2.75, 3.05) is 45.9 Å². The molecule has 3 aliphatic rings. The van der Waals surface area contributed by atoms with Crippen LogP contribution in [-0.4, -0.2) is 76.5 Å². The first kappa shape index (κ1) is 24.1. The van der Waals surface area contributed by atoms with E-state index in [1.165, 1.54) is 10.6 Å². The Morgan fingerprint density at radius 1 is 1.23 bits per heavy atom. The van der Waals surface area contributed by atoms with E-state index in [1.54, 1.807) is 0 Å². The normalized spacial score (nSPS) is 21.2. The summed E-state index contributed by atoms with van der Waals surface area (Å²) in [6, 6.07) is 1.51. The predicted molar refractivity (Wildman–Crippen MR) is 135 cm³/mol. The molecule has 1 aliphatic heterocycles. The number of allylic oxidation sites excluding steroid dienone is 6. The number of H-pyrrole nitrogens is 1. The minimum absolute atomic E-state index is 0.158. The Kier molecular flexibility index (Phi) is 7.90. The highest BCUT2D eigenvalue weighted by Gasteiger charge is 2.21. The van der Waals surface area contributed by atoms with Crippen LogP contribution in [-0.2, 0) is 16.1 Å². The van der Waals surface area contributed by atoms with E-state index in [0.717, 1.165) is 69.8 Å². The molecule has 0 spiro atoms. The van der Waals surface area contributed by atoms with Crippen molar-refractivity contribution >= 4 is 23.0 Å². The van der Waals surface area contributed by atoms with E-state index in [9.17, 15) is 4.79 Å². The number of rotatable bonds is 9. The summed E-state index contributed by atoms with van der Waals surface area (Å²) >= 11 is 6.52. The molecule has 2 aromatic heterocycles. The number of nitrogens with zero attached hydrogens (tertiary/aromatic N) is 4. The zero-order valence-corrected chi connectivity index (χ0v) is 20.5. The zero-order valence-electron chi connectivity index (χ0n) is 19.7. The summed E-state index contributed by atoms with van der Waals surface area (Å²) < 4.78 is 12.9. The smallest absolute Gasteiger partial charge is 0.275 e. The van der Waals surface area contributed by atoms with Crippen LogP contribution >= 0.6 is 11.6 Å². The predicted octanol–water partition coefficient (Wildman–Crippen LogP) is 2.41. The number of morpholine rings is 1. The van der Waals surface area contributed by atoms with E-state index in [0.29, 0.717) is 28.9 Å². The Balaban J connectivity index is 1.20. The summed E-state index contributed by atoms with van der Waals surface area (Å²) in [5, 5.41) is 8.58. The minimum Gasteiger partial charge on any atom is -0.379 e. The Bertz CT molecular complexity index is 1220. The molecule has 0 saturated carbocycles. The van der Waals surface area contributed by atoms with Gasteiger partial charge in [0.15, 0.2) is 5.82 Å². The van der Waals surface area contributed by atoms with Gasteiger partial charge in [-0.2, -0.15) is 9.50 Å². The van der Waals surface area contributed by atoms with Crippen molar-refractivity contribution in [2.24, 2.45) is 0 Å². The lowest BCUT2D eigenvalue weighted by molar-refractivity contribution is 0.0383. The number of ether oxygens (including phenoxy) is 2. The third-order valence-electron chi connectivity index (χ3n) is 6.41. The van der Waals surface area contributed by atoms with Gasteiger partial charge in [-0.15, -0.1) is 5.10 Å². The Morgan fingerprint density at radius 3 is 2.94 bits per heavy atom. The highest BCUT2D eigenvalue weighted by atomic mass is 35.5. The van der Waals surface area contributed by atoms with Crippen molar-refractivity contribution in [2.45, 2.75) is 32.0 Å². The molecule has 186 valence electrons. The van der Waals surface area contributed by atoms with Crippen LogP contribution in [0.1, 0.15) is 30.8 Å². The molecule has 0 amide bonds. The van der Waals surface area contributed by atoms with Gasteiger partial charge in [0, 0.05) is 55.1 Å². The molecule has 1 fully saturated rings. The molecule has 10 heteroatoms. The molecule has 3 heterocycles.